The molecular formula is C38H36Cl2N6O. The van der Waals surface area contributed by atoms with E-state index in [1.807, 2.05) is 109 Å². The van der Waals surface area contributed by atoms with Crippen LogP contribution in [-0.4, -0.2) is 60.0 Å². The van der Waals surface area contributed by atoms with Gasteiger partial charge in [-0.1, -0.05) is 83.9 Å². The first-order valence-electron chi connectivity index (χ1n) is 15.7. The number of carbonyl (C=O) groups excluding carboxylic acids is 1. The average molecular weight is 664 g/mol. The van der Waals surface area contributed by atoms with Crippen LogP contribution in [0.1, 0.15) is 17.0 Å². The van der Waals surface area contributed by atoms with E-state index in [1.165, 1.54) is 0 Å². The highest BCUT2D eigenvalue weighted by Crippen LogP contribution is 2.26. The number of nitrogens with zero attached hydrogens (tertiary/aromatic N) is 3. The quantitative estimate of drug-likeness (QED) is 0.110. The summed E-state index contributed by atoms with van der Waals surface area (Å²) in [6.45, 7) is 4.16. The molecule has 6 rings (SSSR count). The smallest absolute Gasteiger partial charge is 0.232 e. The number of amides is 1. The molecule has 0 aliphatic carbocycles. The first-order chi connectivity index (χ1) is 23.0. The molecule has 0 bridgehead atoms. The van der Waals surface area contributed by atoms with Crippen molar-refractivity contribution in [1.82, 2.24) is 20.2 Å². The molecule has 0 saturated carbocycles. The second-order valence-electron chi connectivity index (χ2n) is 11.3. The summed E-state index contributed by atoms with van der Waals surface area (Å²) in [6.07, 6.45) is 3.58. The number of benzene rings is 4. The molecule has 2 aromatic heterocycles. The molecule has 0 fully saturated rings. The van der Waals surface area contributed by atoms with E-state index in [4.69, 9.17) is 23.2 Å². The van der Waals surface area contributed by atoms with E-state index >= 15 is 0 Å². The van der Waals surface area contributed by atoms with E-state index in [0.29, 0.717) is 36.2 Å². The van der Waals surface area contributed by atoms with E-state index in [0.717, 1.165) is 57.4 Å². The molecule has 4 aromatic carbocycles. The van der Waals surface area contributed by atoms with E-state index in [2.05, 4.69) is 30.8 Å². The van der Waals surface area contributed by atoms with E-state index in [1.54, 1.807) is 12.4 Å². The Morgan fingerprint density at radius 2 is 1.09 bits per heavy atom. The lowest BCUT2D eigenvalue weighted by atomic mass is 9.90. The van der Waals surface area contributed by atoms with Gasteiger partial charge in [0.2, 0.25) is 5.91 Å². The highest BCUT2D eigenvalue weighted by Gasteiger charge is 2.22. The Labute approximate surface area is 285 Å². The number of anilines is 2. The molecule has 2 heterocycles. The minimum absolute atomic E-state index is 0.0116. The first kappa shape index (κ1) is 32.3. The first-order valence-corrected chi connectivity index (χ1v) is 16.5. The number of hydrogen-bond acceptors (Lipinski definition) is 6. The van der Waals surface area contributed by atoms with Gasteiger partial charge in [-0.3, -0.25) is 19.7 Å². The summed E-state index contributed by atoms with van der Waals surface area (Å²) >= 11 is 12.4. The van der Waals surface area contributed by atoms with E-state index in [9.17, 15) is 4.79 Å². The van der Waals surface area contributed by atoms with Crippen molar-refractivity contribution >= 4 is 62.3 Å². The summed E-state index contributed by atoms with van der Waals surface area (Å²) in [6, 6.07) is 35.3. The van der Waals surface area contributed by atoms with Crippen molar-refractivity contribution in [3.63, 3.8) is 0 Å². The van der Waals surface area contributed by atoms with Crippen LogP contribution in [0.3, 0.4) is 0 Å². The van der Waals surface area contributed by atoms with Gasteiger partial charge in [0.25, 0.3) is 0 Å². The molecule has 47 heavy (non-hydrogen) atoms. The lowest BCUT2D eigenvalue weighted by molar-refractivity contribution is -0.121. The molecule has 0 aliphatic rings. The maximum Gasteiger partial charge on any atom is 0.232 e. The molecule has 6 aromatic rings. The zero-order valence-electron chi connectivity index (χ0n) is 25.9. The van der Waals surface area contributed by atoms with Gasteiger partial charge in [0.1, 0.15) is 0 Å². The highest BCUT2D eigenvalue weighted by molar-refractivity contribution is 6.31. The van der Waals surface area contributed by atoms with Crippen LogP contribution in [0, 0.1) is 0 Å². The molecule has 0 atom stereocenters. The van der Waals surface area contributed by atoms with Crippen LogP contribution in [-0.2, 0) is 4.79 Å². The van der Waals surface area contributed by atoms with Gasteiger partial charge in [-0.15, -0.1) is 0 Å². The molecule has 7 nitrogen and oxygen atoms in total. The van der Waals surface area contributed by atoms with Crippen molar-refractivity contribution in [3.8, 4) is 0 Å². The molecule has 1 amide bonds. The lowest BCUT2D eigenvalue weighted by Gasteiger charge is -2.25. The van der Waals surface area contributed by atoms with Crippen molar-refractivity contribution in [2.24, 2.45) is 0 Å². The summed E-state index contributed by atoms with van der Waals surface area (Å²) in [5, 5.41) is 13.8. The van der Waals surface area contributed by atoms with Crippen LogP contribution < -0.4 is 16.0 Å². The molecule has 0 radical (unpaired) electrons. The number of pyridine rings is 2. The standard InChI is InChI=1S/C38H36Cl2N6O/c39-29-11-13-31-33(15-17-41-35(31)25-29)43-19-22-46(23-20-44-34-16-18-42-36-26-30(40)12-14-32(34)36)24-21-45-38(47)37(27-7-3-1-4-8-27)28-9-5-2-6-10-28/h1-18,25-26,37H,19-24H2,(H,41,43)(H,42,44)(H,45,47). The fourth-order valence-electron chi connectivity index (χ4n) is 5.81. The largest absolute Gasteiger partial charge is 0.383 e. The van der Waals surface area contributed by atoms with Crippen molar-refractivity contribution < 1.29 is 4.79 Å². The third kappa shape index (κ3) is 8.37. The van der Waals surface area contributed by atoms with Crippen LogP contribution in [0.5, 0.6) is 0 Å². The van der Waals surface area contributed by atoms with Gasteiger partial charge < -0.3 is 16.0 Å². The molecule has 238 valence electrons. The number of hydrogen-bond donors (Lipinski definition) is 3. The Morgan fingerprint density at radius 1 is 0.617 bits per heavy atom. The minimum atomic E-state index is -0.379. The van der Waals surface area contributed by atoms with Gasteiger partial charge in [0, 0.05) is 83.9 Å². The van der Waals surface area contributed by atoms with Crippen molar-refractivity contribution in [3.05, 3.63) is 143 Å². The van der Waals surface area contributed by atoms with Gasteiger partial charge in [0.05, 0.1) is 17.0 Å². The maximum absolute atomic E-state index is 13.6. The summed E-state index contributed by atoms with van der Waals surface area (Å²) < 4.78 is 0. The Morgan fingerprint density at radius 3 is 1.57 bits per heavy atom. The monoisotopic (exact) mass is 662 g/mol. The number of fused-ring (bicyclic) bond motifs is 2. The predicted octanol–water partition coefficient (Wildman–Crippen LogP) is 7.86. The Bertz CT molecular complexity index is 1810. The van der Waals surface area contributed by atoms with Gasteiger partial charge in [-0.2, -0.15) is 0 Å². The van der Waals surface area contributed by atoms with Crippen molar-refractivity contribution in [2.75, 3.05) is 49.9 Å². The minimum Gasteiger partial charge on any atom is -0.383 e. The number of nitrogens with one attached hydrogen (secondary N) is 3. The lowest BCUT2D eigenvalue weighted by Crippen LogP contribution is -2.40. The van der Waals surface area contributed by atoms with Crippen LogP contribution >= 0.6 is 23.2 Å². The molecule has 9 heteroatoms. The number of aromatic nitrogens is 2. The van der Waals surface area contributed by atoms with Crippen LogP contribution in [0.4, 0.5) is 11.4 Å². The molecule has 0 unspecified atom stereocenters. The van der Waals surface area contributed by atoms with E-state index in [-0.39, 0.29) is 11.8 Å². The second kappa shape index (κ2) is 15.7. The zero-order chi connectivity index (χ0) is 32.4. The summed E-state index contributed by atoms with van der Waals surface area (Å²) in [4.78, 5) is 24.9. The third-order valence-electron chi connectivity index (χ3n) is 8.15. The van der Waals surface area contributed by atoms with Gasteiger partial charge in [-0.05, 0) is 59.7 Å². The van der Waals surface area contributed by atoms with Gasteiger partial charge in [-0.25, -0.2) is 0 Å². The fourth-order valence-corrected chi connectivity index (χ4v) is 6.14. The molecule has 3 N–H and O–H groups in total. The Kier molecular flexibility index (Phi) is 10.8. The van der Waals surface area contributed by atoms with Crippen LogP contribution in [0.2, 0.25) is 10.0 Å². The topological polar surface area (TPSA) is 82.2 Å². The van der Waals surface area contributed by atoms with Crippen molar-refractivity contribution in [2.45, 2.75) is 5.92 Å². The molecule has 0 aliphatic heterocycles. The summed E-state index contributed by atoms with van der Waals surface area (Å²) in [5.41, 5.74) is 5.66. The SMILES string of the molecule is O=C(NCCN(CCNc1ccnc2cc(Cl)ccc12)CCNc1ccnc2cc(Cl)ccc12)C(c1ccccc1)c1ccccc1. The highest BCUT2D eigenvalue weighted by atomic mass is 35.5. The predicted molar refractivity (Wildman–Crippen MR) is 195 cm³/mol. The maximum atomic E-state index is 13.6. The molecule has 0 saturated heterocycles. The van der Waals surface area contributed by atoms with Crippen LogP contribution in [0.25, 0.3) is 21.8 Å². The number of carbonyl (C=O) groups is 1. The van der Waals surface area contributed by atoms with Crippen LogP contribution in [0.15, 0.2) is 122 Å². The number of rotatable bonds is 14. The third-order valence-corrected chi connectivity index (χ3v) is 8.62. The normalized spacial score (nSPS) is 11.3. The zero-order valence-corrected chi connectivity index (χ0v) is 27.4. The summed E-state index contributed by atoms with van der Waals surface area (Å²) in [7, 11) is 0. The fraction of sp³-hybridized carbons (Fsp3) is 0.184. The van der Waals surface area contributed by atoms with Gasteiger partial charge in [0.15, 0.2) is 0 Å². The van der Waals surface area contributed by atoms with Crippen molar-refractivity contribution in [1.29, 1.82) is 0 Å². The summed E-state index contributed by atoms with van der Waals surface area (Å²) in [5.74, 6) is -0.390. The number of halogens is 2. The van der Waals surface area contributed by atoms with Gasteiger partial charge >= 0.3 is 0 Å². The second-order valence-corrected chi connectivity index (χ2v) is 12.2. The Hall–Kier alpha value is -4.69. The Balaban J connectivity index is 1.12. The van der Waals surface area contributed by atoms with E-state index < -0.39 is 0 Å². The average Bonchev–Trinajstić information content (AvgIpc) is 3.09. The molecule has 0 spiro atoms. The molecular weight excluding hydrogens is 627 g/mol.